The van der Waals surface area contributed by atoms with Crippen molar-refractivity contribution in [2.45, 2.75) is 33.6 Å². The summed E-state index contributed by atoms with van der Waals surface area (Å²) in [5.74, 6) is 1.92. The number of fused-ring (bicyclic) bond motifs is 1. The van der Waals surface area contributed by atoms with Gasteiger partial charge in [-0.15, -0.1) is 0 Å². The molecule has 0 bridgehead atoms. The molecular weight excluding hydrogens is 474 g/mol. The van der Waals surface area contributed by atoms with E-state index in [1.807, 2.05) is 31.2 Å². The van der Waals surface area contributed by atoms with Crippen LogP contribution in [0.15, 0.2) is 89.3 Å². The Labute approximate surface area is 223 Å². The van der Waals surface area contributed by atoms with Gasteiger partial charge in [0.2, 0.25) is 5.89 Å². The van der Waals surface area contributed by atoms with Crippen LogP contribution in [0.2, 0.25) is 0 Å². The highest BCUT2D eigenvalue weighted by Crippen LogP contribution is 2.37. The molecule has 5 rings (SSSR count). The number of rotatable bonds is 9. The maximum absolute atomic E-state index is 11.5. The van der Waals surface area contributed by atoms with E-state index in [1.54, 1.807) is 0 Å². The lowest BCUT2D eigenvalue weighted by atomic mass is 10.0. The van der Waals surface area contributed by atoms with E-state index in [2.05, 4.69) is 74.5 Å². The van der Waals surface area contributed by atoms with E-state index in [4.69, 9.17) is 18.9 Å². The minimum atomic E-state index is -0.190. The Morgan fingerprint density at radius 3 is 2.13 bits per heavy atom. The normalized spacial score (nSPS) is 11.0. The fourth-order valence-corrected chi connectivity index (χ4v) is 4.34. The van der Waals surface area contributed by atoms with E-state index < -0.39 is 0 Å². The first kappa shape index (κ1) is 25.3. The number of hydrogen-bond donors (Lipinski definition) is 0. The number of aromatic nitrogens is 1. The lowest BCUT2D eigenvalue weighted by Gasteiger charge is -2.08. The molecule has 0 fully saturated rings. The Morgan fingerprint density at radius 1 is 0.789 bits per heavy atom. The zero-order valence-corrected chi connectivity index (χ0v) is 22.0. The van der Waals surface area contributed by atoms with Gasteiger partial charge in [0.15, 0.2) is 5.76 Å². The second-order valence-electron chi connectivity index (χ2n) is 9.41. The van der Waals surface area contributed by atoms with Gasteiger partial charge in [0, 0.05) is 23.1 Å². The van der Waals surface area contributed by atoms with Crippen LogP contribution in [0.1, 0.15) is 30.9 Å². The standard InChI is InChI=1S/C33H31NO4/c1-4-36-30(35)6-5-19-37-29-18-17-26-20-28(16-15-27(26)21-29)33-34-31(24-11-7-22(2)8-12-24)32(38-33)25-13-9-23(3)10-14-25/h7-18,20-21H,4-6,19H2,1-3H3. The van der Waals surface area contributed by atoms with Gasteiger partial charge in [-0.2, -0.15) is 0 Å². The Balaban J connectivity index is 1.41. The van der Waals surface area contributed by atoms with Crippen LogP contribution in [-0.2, 0) is 9.53 Å². The Hall–Kier alpha value is -4.38. The highest BCUT2D eigenvalue weighted by atomic mass is 16.5. The average molecular weight is 506 g/mol. The Bertz CT molecular complexity index is 1490. The second-order valence-corrected chi connectivity index (χ2v) is 9.41. The van der Waals surface area contributed by atoms with Crippen molar-refractivity contribution >= 4 is 16.7 Å². The molecule has 0 amide bonds. The van der Waals surface area contributed by atoms with E-state index in [-0.39, 0.29) is 5.97 Å². The molecule has 4 aromatic carbocycles. The number of ether oxygens (including phenoxy) is 2. The SMILES string of the molecule is CCOC(=O)CCCOc1ccc2cc(-c3nc(-c4ccc(C)cc4)c(-c4ccc(C)cc4)o3)ccc2c1. The van der Waals surface area contributed by atoms with Crippen LogP contribution in [0.4, 0.5) is 0 Å². The molecule has 5 heteroatoms. The summed E-state index contributed by atoms with van der Waals surface area (Å²) in [7, 11) is 0. The quantitative estimate of drug-likeness (QED) is 0.149. The topological polar surface area (TPSA) is 61.6 Å². The number of hydrogen-bond acceptors (Lipinski definition) is 5. The minimum absolute atomic E-state index is 0.190. The number of carbonyl (C=O) groups is 1. The van der Waals surface area contributed by atoms with Gasteiger partial charge < -0.3 is 13.9 Å². The molecule has 0 radical (unpaired) electrons. The first-order chi connectivity index (χ1) is 18.5. The Morgan fingerprint density at radius 2 is 1.42 bits per heavy atom. The molecule has 38 heavy (non-hydrogen) atoms. The lowest BCUT2D eigenvalue weighted by molar-refractivity contribution is -0.143. The van der Waals surface area contributed by atoms with Gasteiger partial charge in [0.05, 0.1) is 13.2 Å². The summed E-state index contributed by atoms with van der Waals surface area (Å²) >= 11 is 0. The van der Waals surface area contributed by atoms with Gasteiger partial charge in [-0.05, 0) is 62.2 Å². The first-order valence-corrected chi connectivity index (χ1v) is 13.0. The molecule has 0 N–H and O–H groups in total. The summed E-state index contributed by atoms with van der Waals surface area (Å²) < 4.78 is 17.2. The van der Waals surface area contributed by atoms with Crippen molar-refractivity contribution < 1.29 is 18.7 Å². The number of benzene rings is 4. The van der Waals surface area contributed by atoms with Crippen molar-refractivity contribution in [2.75, 3.05) is 13.2 Å². The van der Waals surface area contributed by atoms with Crippen molar-refractivity contribution in [1.82, 2.24) is 4.98 Å². The van der Waals surface area contributed by atoms with Gasteiger partial charge >= 0.3 is 5.97 Å². The third kappa shape index (κ3) is 5.78. The summed E-state index contributed by atoms with van der Waals surface area (Å²) in [6, 6.07) is 28.8. The first-order valence-electron chi connectivity index (χ1n) is 13.0. The van der Waals surface area contributed by atoms with Gasteiger partial charge in [-0.3, -0.25) is 4.79 Å². The molecule has 0 saturated carbocycles. The van der Waals surface area contributed by atoms with E-state index in [0.29, 0.717) is 31.9 Å². The highest BCUT2D eigenvalue weighted by Gasteiger charge is 2.18. The van der Waals surface area contributed by atoms with E-state index >= 15 is 0 Å². The minimum Gasteiger partial charge on any atom is -0.494 e. The van der Waals surface area contributed by atoms with Crippen molar-refractivity contribution in [2.24, 2.45) is 0 Å². The predicted molar refractivity (Wildman–Crippen MR) is 151 cm³/mol. The summed E-state index contributed by atoms with van der Waals surface area (Å²) in [5.41, 5.74) is 6.15. The van der Waals surface area contributed by atoms with E-state index in [0.717, 1.165) is 44.7 Å². The largest absolute Gasteiger partial charge is 0.494 e. The van der Waals surface area contributed by atoms with Crippen molar-refractivity contribution in [1.29, 1.82) is 0 Å². The van der Waals surface area contributed by atoms with Gasteiger partial charge in [-0.1, -0.05) is 71.8 Å². The molecule has 0 atom stereocenters. The molecule has 0 aliphatic rings. The van der Waals surface area contributed by atoms with Crippen molar-refractivity contribution in [3.63, 3.8) is 0 Å². The fraction of sp³-hybridized carbons (Fsp3) is 0.212. The van der Waals surface area contributed by atoms with Crippen LogP contribution in [0.3, 0.4) is 0 Å². The van der Waals surface area contributed by atoms with Crippen LogP contribution >= 0.6 is 0 Å². The molecule has 0 aliphatic carbocycles. The van der Waals surface area contributed by atoms with E-state index in [1.165, 1.54) is 11.1 Å². The average Bonchev–Trinajstić information content (AvgIpc) is 3.37. The number of esters is 1. The summed E-state index contributed by atoms with van der Waals surface area (Å²) in [4.78, 5) is 16.4. The van der Waals surface area contributed by atoms with Crippen LogP contribution in [0.5, 0.6) is 5.75 Å². The number of aryl methyl sites for hydroxylation is 2. The van der Waals surface area contributed by atoms with Gasteiger partial charge in [0.25, 0.3) is 0 Å². The van der Waals surface area contributed by atoms with Gasteiger partial charge in [0.1, 0.15) is 11.4 Å². The summed E-state index contributed by atoms with van der Waals surface area (Å²) in [6.45, 7) is 6.82. The number of nitrogens with zero attached hydrogens (tertiary/aromatic N) is 1. The monoisotopic (exact) mass is 505 g/mol. The molecule has 0 unspecified atom stereocenters. The third-order valence-electron chi connectivity index (χ3n) is 6.42. The molecule has 0 saturated heterocycles. The van der Waals surface area contributed by atoms with Crippen LogP contribution in [0.25, 0.3) is 44.8 Å². The fourth-order valence-electron chi connectivity index (χ4n) is 4.34. The molecule has 0 spiro atoms. The summed E-state index contributed by atoms with van der Waals surface area (Å²) in [6.07, 6.45) is 0.975. The lowest BCUT2D eigenvalue weighted by Crippen LogP contribution is -2.06. The molecule has 5 aromatic rings. The number of oxazole rings is 1. The molecular formula is C33H31NO4. The van der Waals surface area contributed by atoms with Crippen LogP contribution in [-0.4, -0.2) is 24.2 Å². The van der Waals surface area contributed by atoms with Crippen LogP contribution < -0.4 is 4.74 Å². The predicted octanol–water partition coefficient (Wildman–Crippen LogP) is 8.17. The molecule has 192 valence electrons. The zero-order chi connectivity index (χ0) is 26.5. The van der Waals surface area contributed by atoms with E-state index in [9.17, 15) is 4.79 Å². The second kappa shape index (κ2) is 11.3. The highest BCUT2D eigenvalue weighted by molar-refractivity contribution is 5.88. The maximum Gasteiger partial charge on any atom is 0.305 e. The zero-order valence-electron chi connectivity index (χ0n) is 22.0. The third-order valence-corrected chi connectivity index (χ3v) is 6.42. The maximum atomic E-state index is 11.5. The van der Waals surface area contributed by atoms with Crippen molar-refractivity contribution in [3.8, 4) is 39.8 Å². The molecule has 0 aliphatic heterocycles. The number of carbonyl (C=O) groups excluding carboxylic acids is 1. The Kier molecular flexibility index (Phi) is 7.55. The summed E-state index contributed by atoms with van der Waals surface area (Å²) in [5, 5.41) is 2.12. The molecule has 5 nitrogen and oxygen atoms in total. The smallest absolute Gasteiger partial charge is 0.305 e. The molecule has 1 heterocycles. The van der Waals surface area contributed by atoms with Crippen LogP contribution in [0, 0.1) is 13.8 Å². The van der Waals surface area contributed by atoms with Gasteiger partial charge in [-0.25, -0.2) is 4.98 Å². The molecule has 1 aromatic heterocycles. The van der Waals surface area contributed by atoms with Crippen molar-refractivity contribution in [3.05, 3.63) is 96.1 Å².